The van der Waals surface area contributed by atoms with E-state index < -0.39 is 11.5 Å². The maximum atomic E-state index is 12.0. The zero-order valence-corrected chi connectivity index (χ0v) is 11.0. The molecule has 98 valence electrons. The smallest absolute Gasteiger partial charge is 0.336 e. The van der Waals surface area contributed by atoms with Gasteiger partial charge in [0.05, 0.1) is 10.9 Å². The van der Waals surface area contributed by atoms with Crippen LogP contribution in [0.25, 0.3) is 11.0 Å². The first-order chi connectivity index (χ1) is 8.99. The van der Waals surface area contributed by atoms with E-state index in [1.165, 1.54) is 6.07 Å². The van der Waals surface area contributed by atoms with Crippen LogP contribution in [0.5, 0.6) is 0 Å². The van der Waals surface area contributed by atoms with Gasteiger partial charge in [-0.05, 0) is 38.0 Å². The third-order valence-corrected chi connectivity index (χ3v) is 3.46. The fourth-order valence-electron chi connectivity index (χ4n) is 2.21. The van der Waals surface area contributed by atoms with E-state index in [1.807, 2.05) is 0 Å². The average molecular weight is 277 g/mol. The summed E-state index contributed by atoms with van der Waals surface area (Å²) in [4.78, 5) is 30.1. The number of rotatable bonds is 2. The Hall–Kier alpha value is -2.02. The van der Waals surface area contributed by atoms with Crippen molar-refractivity contribution in [2.45, 2.75) is 25.8 Å². The molecule has 2 aromatic rings. The molecule has 7 heteroatoms. The fraction of sp³-hybridized carbons (Fsp3) is 0.333. The summed E-state index contributed by atoms with van der Waals surface area (Å²) in [5, 5.41) is 9.33. The van der Waals surface area contributed by atoms with Gasteiger partial charge in [0.1, 0.15) is 5.65 Å². The third-order valence-electron chi connectivity index (χ3n) is 3.17. The molecule has 2 aromatic heterocycles. The molecule has 0 atom stereocenters. The summed E-state index contributed by atoms with van der Waals surface area (Å²) < 4.78 is 2.06. The fourth-order valence-corrected chi connectivity index (χ4v) is 2.54. The van der Waals surface area contributed by atoms with E-state index in [0.29, 0.717) is 16.1 Å². The average Bonchev–Trinajstić information content (AvgIpc) is 3.11. The van der Waals surface area contributed by atoms with Crippen molar-refractivity contribution in [1.82, 2.24) is 14.5 Å². The van der Waals surface area contributed by atoms with Crippen LogP contribution < -0.4 is 5.56 Å². The second kappa shape index (κ2) is 3.99. The van der Waals surface area contributed by atoms with Gasteiger partial charge in [0.15, 0.2) is 4.77 Å². The van der Waals surface area contributed by atoms with Crippen LogP contribution in [0.1, 0.15) is 34.9 Å². The molecule has 0 unspecified atom stereocenters. The monoisotopic (exact) mass is 277 g/mol. The Morgan fingerprint density at radius 2 is 2.26 bits per heavy atom. The molecule has 0 saturated heterocycles. The molecule has 1 saturated carbocycles. The molecule has 1 aliphatic rings. The first-order valence-corrected chi connectivity index (χ1v) is 6.29. The normalized spacial score (nSPS) is 14.8. The summed E-state index contributed by atoms with van der Waals surface area (Å²) in [6.07, 6.45) is 1.93. The van der Waals surface area contributed by atoms with Gasteiger partial charge in [0.2, 0.25) is 0 Å². The van der Waals surface area contributed by atoms with Crippen LogP contribution in [0.4, 0.5) is 0 Å². The van der Waals surface area contributed by atoms with Crippen LogP contribution in [-0.4, -0.2) is 25.6 Å². The Morgan fingerprint density at radius 3 is 2.84 bits per heavy atom. The number of hydrogen-bond donors (Lipinski definition) is 2. The van der Waals surface area contributed by atoms with Crippen LogP contribution in [0.15, 0.2) is 10.9 Å². The quantitative estimate of drug-likeness (QED) is 0.817. The van der Waals surface area contributed by atoms with Gasteiger partial charge in [-0.15, -0.1) is 0 Å². The van der Waals surface area contributed by atoms with E-state index in [4.69, 9.17) is 12.2 Å². The molecule has 0 bridgehead atoms. The SMILES string of the molecule is Cc1cc(C(=O)O)c2c(=O)[nH]c(=S)n(C3CC3)c2n1. The van der Waals surface area contributed by atoms with E-state index in [9.17, 15) is 14.7 Å². The zero-order chi connectivity index (χ0) is 13.7. The van der Waals surface area contributed by atoms with Gasteiger partial charge >= 0.3 is 5.97 Å². The lowest BCUT2D eigenvalue weighted by Gasteiger charge is -2.11. The molecular formula is C12H11N3O3S. The number of aromatic amines is 1. The predicted octanol–water partition coefficient (Wildman–Crippen LogP) is 1.80. The van der Waals surface area contributed by atoms with Crippen molar-refractivity contribution in [3.63, 3.8) is 0 Å². The molecule has 3 rings (SSSR count). The number of carbonyl (C=O) groups is 1. The Labute approximate surface area is 112 Å². The van der Waals surface area contributed by atoms with Gasteiger partial charge < -0.3 is 5.11 Å². The number of aromatic carboxylic acids is 1. The van der Waals surface area contributed by atoms with Crippen molar-refractivity contribution >= 4 is 29.2 Å². The van der Waals surface area contributed by atoms with E-state index in [2.05, 4.69) is 9.97 Å². The Kier molecular flexibility index (Phi) is 2.53. The van der Waals surface area contributed by atoms with Gasteiger partial charge in [0, 0.05) is 11.7 Å². The van der Waals surface area contributed by atoms with Crippen LogP contribution in [0, 0.1) is 11.7 Å². The van der Waals surface area contributed by atoms with Crippen molar-refractivity contribution in [2.75, 3.05) is 0 Å². The predicted molar refractivity (Wildman–Crippen MR) is 71.2 cm³/mol. The minimum absolute atomic E-state index is 0.0341. The Balaban J connectivity index is 2.55. The highest BCUT2D eigenvalue weighted by Gasteiger charge is 2.28. The number of aryl methyl sites for hydroxylation is 1. The van der Waals surface area contributed by atoms with Gasteiger partial charge in [-0.3, -0.25) is 14.3 Å². The number of nitrogens with zero attached hydrogens (tertiary/aromatic N) is 2. The third kappa shape index (κ3) is 1.86. The van der Waals surface area contributed by atoms with Crippen molar-refractivity contribution in [3.8, 4) is 0 Å². The van der Waals surface area contributed by atoms with E-state index in [0.717, 1.165) is 12.8 Å². The number of carboxylic acids is 1. The first kappa shape index (κ1) is 12.0. The van der Waals surface area contributed by atoms with Crippen LogP contribution in [-0.2, 0) is 0 Å². The Bertz CT molecular complexity index is 817. The number of pyridine rings is 1. The molecule has 1 fully saturated rings. The van der Waals surface area contributed by atoms with E-state index in [1.54, 1.807) is 11.5 Å². The maximum absolute atomic E-state index is 12.0. The number of fused-ring (bicyclic) bond motifs is 1. The molecule has 0 aromatic carbocycles. The number of nitrogens with one attached hydrogen (secondary N) is 1. The summed E-state index contributed by atoms with van der Waals surface area (Å²) in [5.74, 6) is -1.14. The zero-order valence-electron chi connectivity index (χ0n) is 10.1. The molecule has 0 spiro atoms. The summed E-state index contributed by atoms with van der Waals surface area (Å²) in [6.45, 7) is 1.70. The largest absolute Gasteiger partial charge is 0.478 e. The lowest BCUT2D eigenvalue weighted by Crippen LogP contribution is -2.18. The second-order valence-electron chi connectivity index (χ2n) is 4.68. The molecule has 6 nitrogen and oxygen atoms in total. The maximum Gasteiger partial charge on any atom is 0.336 e. The second-order valence-corrected chi connectivity index (χ2v) is 5.06. The van der Waals surface area contributed by atoms with Gasteiger partial charge in [-0.25, -0.2) is 9.78 Å². The van der Waals surface area contributed by atoms with Crippen molar-refractivity contribution in [3.05, 3.63) is 32.4 Å². The number of hydrogen-bond acceptors (Lipinski definition) is 4. The number of aromatic nitrogens is 3. The molecule has 0 radical (unpaired) electrons. The number of H-pyrrole nitrogens is 1. The van der Waals surface area contributed by atoms with E-state index >= 15 is 0 Å². The minimum atomic E-state index is -1.14. The van der Waals surface area contributed by atoms with Crippen LogP contribution in [0.3, 0.4) is 0 Å². The molecule has 2 heterocycles. The first-order valence-electron chi connectivity index (χ1n) is 5.88. The van der Waals surface area contributed by atoms with Crippen LogP contribution >= 0.6 is 12.2 Å². The van der Waals surface area contributed by atoms with Gasteiger partial charge in [0.25, 0.3) is 5.56 Å². The Morgan fingerprint density at radius 1 is 1.58 bits per heavy atom. The number of carboxylic acid groups (broad SMARTS) is 1. The lowest BCUT2D eigenvalue weighted by atomic mass is 10.1. The van der Waals surface area contributed by atoms with Gasteiger partial charge in [-0.1, -0.05) is 0 Å². The van der Waals surface area contributed by atoms with E-state index in [-0.39, 0.29) is 17.0 Å². The molecule has 0 amide bonds. The molecule has 0 aliphatic heterocycles. The lowest BCUT2D eigenvalue weighted by molar-refractivity contribution is 0.0698. The minimum Gasteiger partial charge on any atom is -0.478 e. The molecule has 2 N–H and O–H groups in total. The summed E-state index contributed by atoms with van der Waals surface area (Å²) in [6, 6.07) is 1.61. The van der Waals surface area contributed by atoms with Crippen LogP contribution in [0.2, 0.25) is 0 Å². The highest BCUT2D eigenvalue weighted by atomic mass is 32.1. The molecule has 19 heavy (non-hydrogen) atoms. The van der Waals surface area contributed by atoms with Crippen molar-refractivity contribution < 1.29 is 9.90 Å². The highest BCUT2D eigenvalue weighted by molar-refractivity contribution is 7.71. The van der Waals surface area contributed by atoms with Crippen molar-refractivity contribution in [2.24, 2.45) is 0 Å². The van der Waals surface area contributed by atoms with Crippen molar-refractivity contribution in [1.29, 1.82) is 0 Å². The standard InChI is InChI=1S/C12H11N3O3S/c1-5-4-7(11(17)18)8-9(13-5)15(6-2-3-6)12(19)14-10(8)16/h4,6H,2-3H2,1H3,(H,17,18)(H,14,16,19). The molecular weight excluding hydrogens is 266 g/mol. The highest BCUT2D eigenvalue weighted by Crippen LogP contribution is 2.36. The molecule has 1 aliphatic carbocycles. The summed E-state index contributed by atoms with van der Waals surface area (Å²) in [7, 11) is 0. The van der Waals surface area contributed by atoms with Gasteiger partial charge in [-0.2, -0.15) is 0 Å². The summed E-state index contributed by atoms with van der Waals surface area (Å²) >= 11 is 5.16. The summed E-state index contributed by atoms with van der Waals surface area (Å²) in [5.41, 5.74) is 0.392. The topological polar surface area (TPSA) is 88.0 Å².